The van der Waals surface area contributed by atoms with Gasteiger partial charge in [-0.05, 0) is 53.0 Å². The maximum Gasteiger partial charge on any atom is 0.351 e. The highest BCUT2D eigenvalue weighted by molar-refractivity contribution is 7.44. The first-order chi connectivity index (χ1) is 19.0. The highest BCUT2D eigenvalue weighted by atomic mass is 31.2. The number of ether oxygens (including phenoxy) is 1. The van der Waals surface area contributed by atoms with E-state index in [0.717, 1.165) is 11.0 Å². The lowest BCUT2D eigenvalue weighted by molar-refractivity contribution is -0.114. The van der Waals surface area contributed by atoms with Gasteiger partial charge in [0.15, 0.2) is 12.4 Å². The van der Waals surface area contributed by atoms with E-state index in [2.05, 4.69) is 20.1 Å². The van der Waals surface area contributed by atoms with E-state index in [1.165, 1.54) is 58.4 Å². The number of aliphatic hydroxyl groups excluding tert-OH is 1. The van der Waals surface area contributed by atoms with E-state index in [9.17, 15) is 9.59 Å². The van der Waals surface area contributed by atoms with Crippen molar-refractivity contribution in [3.63, 3.8) is 0 Å². The van der Waals surface area contributed by atoms with Crippen LogP contribution in [0.3, 0.4) is 0 Å². The quantitative estimate of drug-likeness (QED) is 0.370. The summed E-state index contributed by atoms with van der Waals surface area (Å²) in [7, 11) is -0.339. The molecule has 2 aliphatic rings. The average Bonchev–Trinajstić information content (AvgIpc) is 3.19. The minimum Gasteiger partial charge on any atom is -0.400 e. The predicted octanol–water partition coefficient (Wildman–Crippen LogP) is 4.78. The molecule has 5 unspecified atom stereocenters. The summed E-state index contributed by atoms with van der Waals surface area (Å²) in [6, 6.07) is 1.60. The van der Waals surface area contributed by atoms with Gasteiger partial charge in [0.25, 0.3) is 8.53 Å². The molecule has 2 fully saturated rings. The molecule has 12 heteroatoms. The zero-order valence-electron chi connectivity index (χ0n) is 25.5. The van der Waals surface area contributed by atoms with Crippen molar-refractivity contribution in [3.05, 3.63) is 22.7 Å². The molecular formula is C26H46FN4O6P. The number of nitrogens with zero attached hydrogens (tertiary/aromatic N) is 3. The van der Waals surface area contributed by atoms with Gasteiger partial charge in [0.2, 0.25) is 7.34 Å². The standard InChI is InChI=1S/C25H42FN4O5P.CH4O/c1-16(2)30(17(3)4)36(33-15-13-20-10-8-7-9-11-20)35-23-18(5)34-24(22(23)26)29-14-12-21(27-19(6)31)28-25(29)32;1-2/h12,14,16-18,20,22-24H,7-11,13,15H2,1-6H3,(H,27,28,31,32);2H,1H3/i5D;2T. The lowest BCUT2D eigenvalue weighted by Gasteiger charge is -2.37. The van der Waals surface area contributed by atoms with Gasteiger partial charge in [-0.15, -0.1) is 0 Å². The van der Waals surface area contributed by atoms with Crippen LogP contribution >= 0.6 is 8.53 Å². The Morgan fingerprint density at radius 2 is 2.05 bits per heavy atom. The molecule has 1 saturated heterocycles. The largest absolute Gasteiger partial charge is 0.400 e. The van der Waals surface area contributed by atoms with Crippen LogP contribution < -0.4 is 11.0 Å². The molecule has 1 aromatic rings. The van der Waals surface area contributed by atoms with Crippen LogP contribution in [0.4, 0.5) is 10.2 Å². The van der Waals surface area contributed by atoms with Crippen LogP contribution in [0.1, 0.15) is 87.6 Å². The fourth-order valence-corrected chi connectivity index (χ4v) is 6.68. The van der Waals surface area contributed by atoms with Gasteiger partial charge < -0.3 is 24.2 Å². The maximum atomic E-state index is 15.9. The monoisotopic (exact) mass is 563 g/mol. The summed E-state index contributed by atoms with van der Waals surface area (Å²) in [5, 5.41) is 5.93. The van der Waals surface area contributed by atoms with Gasteiger partial charge in [-0.1, -0.05) is 32.1 Å². The molecule has 0 spiro atoms. The Kier molecular flexibility index (Phi) is 12.4. The van der Waals surface area contributed by atoms with Crippen LogP contribution in [0.2, 0.25) is 0 Å². The fourth-order valence-electron chi connectivity index (χ4n) is 4.90. The molecule has 1 aliphatic heterocycles. The van der Waals surface area contributed by atoms with Crippen molar-refractivity contribution in [1.82, 2.24) is 14.2 Å². The number of amides is 1. The van der Waals surface area contributed by atoms with Gasteiger partial charge in [0, 0.05) is 33.7 Å². The van der Waals surface area contributed by atoms with Gasteiger partial charge in [0.05, 0.1) is 12.7 Å². The molecule has 0 bridgehead atoms. The number of hydrogen-bond donors (Lipinski definition) is 2. The van der Waals surface area contributed by atoms with Crippen LogP contribution in [-0.4, -0.2) is 70.8 Å². The SMILES string of the molecule is [2H]CC1OC(n2ccc(NC(C)=O)nc2=O)C(F)C1OP(OCCC1CCCCC1)N(C(C)C)C(C)C.[3H]OC. The summed E-state index contributed by atoms with van der Waals surface area (Å²) >= 11 is 0. The van der Waals surface area contributed by atoms with Crippen molar-refractivity contribution < 1.29 is 29.4 Å². The Bertz CT molecular complexity index is 948. The number of nitrogens with one attached hydrogen (secondary N) is 1. The molecule has 5 atom stereocenters. The summed E-state index contributed by atoms with van der Waals surface area (Å²) < 4.78 is 51.1. The van der Waals surface area contributed by atoms with Crippen molar-refractivity contribution >= 4 is 20.3 Å². The summed E-state index contributed by atoms with van der Waals surface area (Å²) in [4.78, 5) is 27.7. The molecule has 1 aliphatic carbocycles. The van der Waals surface area contributed by atoms with Crippen molar-refractivity contribution in [2.24, 2.45) is 5.92 Å². The van der Waals surface area contributed by atoms with Crippen LogP contribution in [0.15, 0.2) is 17.1 Å². The molecule has 2 N–H and O–H groups in total. The van der Waals surface area contributed by atoms with Gasteiger partial charge in [-0.25, -0.2) is 13.9 Å². The van der Waals surface area contributed by atoms with E-state index < -0.39 is 38.8 Å². The molecule has 1 amide bonds. The molecule has 1 aromatic heterocycles. The van der Waals surface area contributed by atoms with E-state index >= 15 is 4.39 Å². The van der Waals surface area contributed by atoms with Crippen LogP contribution in [-0.2, 0) is 18.6 Å². The number of carbonyl (C=O) groups is 1. The normalized spacial score (nSPS) is 25.6. The number of anilines is 1. The smallest absolute Gasteiger partial charge is 0.351 e. The molecule has 218 valence electrons. The first kappa shape index (κ1) is 29.5. The number of carbonyl (C=O) groups excluding carboxylic acids is 1. The van der Waals surface area contributed by atoms with Gasteiger partial charge in [-0.3, -0.25) is 9.36 Å². The van der Waals surface area contributed by atoms with E-state index in [-0.39, 0.29) is 30.7 Å². The van der Waals surface area contributed by atoms with Gasteiger partial charge >= 0.3 is 5.69 Å². The number of aromatic nitrogens is 2. The molecule has 1 saturated carbocycles. The third kappa shape index (κ3) is 9.03. The second kappa shape index (κ2) is 15.9. The minimum absolute atomic E-state index is 0.0754. The van der Waals surface area contributed by atoms with Crippen LogP contribution in [0.25, 0.3) is 0 Å². The molecule has 38 heavy (non-hydrogen) atoms. The van der Waals surface area contributed by atoms with Crippen molar-refractivity contribution in [2.45, 2.75) is 117 Å². The Hall–Kier alpha value is -1.49. The number of alkyl halides is 1. The average molecular weight is 564 g/mol. The summed E-state index contributed by atoms with van der Waals surface area (Å²) in [6.45, 7) is 9.80. The third-order valence-electron chi connectivity index (χ3n) is 6.59. The third-order valence-corrected chi connectivity index (χ3v) is 8.71. The highest BCUT2D eigenvalue weighted by Crippen LogP contribution is 2.50. The van der Waals surface area contributed by atoms with Gasteiger partial charge in [0.1, 0.15) is 11.9 Å². The predicted molar refractivity (Wildman–Crippen MR) is 146 cm³/mol. The fraction of sp³-hybridized carbons (Fsp3) is 0.808. The molecule has 0 radical (unpaired) electrons. The first-order valence-electron chi connectivity index (χ1n) is 14.5. The topological polar surface area (TPSA) is 115 Å². The Morgan fingerprint density at radius 1 is 1.39 bits per heavy atom. The van der Waals surface area contributed by atoms with Gasteiger partial charge in [-0.2, -0.15) is 4.98 Å². The molecule has 10 nitrogen and oxygen atoms in total. The Balaban J connectivity index is 0.00000178. The van der Waals surface area contributed by atoms with E-state index in [4.69, 9.17) is 16.6 Å². The van der Waals surface area contributed by atoms with Crippen LogP contribution in [0.5, 0.6) is 0 Å². The molecule has 3 rings (SSSR count). The second-order valence-corrected chi connectivity index (χ2v) is 11.6. The molecular weight excluding hydrogens is 514 g/mol. The molecule has 0 aromatic carbocycles. The zero-order chi connectivity index (χ0) is 29.8. The van der Waals surface area contributed by atoms with E-state index in [1.807, 2.05) is 27.7 Å². The minimum atomic E-state index is -1.71. The number of halogens is 1. The number of hydrogen-bond acceptors (Lipinski definition) is 8. The Labute approximate surface area is 230 Å². The summed E-state index contributed by atoms with van der Waals surface area (Å²) in [5.41, 5.74) is -0.764. The summed E-state index contributed by atoms with van der Waals surface area (Å²) in [5.74, 6) is 0.349. The molecule has 2 heterocycles. The van der Waals surface area contributed by atoms with Crippen molar-refractivity contribution in [3.8, 4) is 0 Å². The summed E-state index contributed by atoms with van der Waals surface area (Å²) in [6.07, 6.45) is 3.56. The first-order valence-corrected chi connectivity index (χ1v) is 14.5. The lowest BCUT2D eigenvalue weighted by atomic mass is 9.87. The highest BCUT2D eigenvalue weighted by Gasteiger charge is 2.48. The second-order valence-electron chi connectivity index (χ2n) is 10.2. The van der Waals surface area contributed by atoms with Crippen molar-refractivity contribution in [2.75, 3.05) is 19.0 Å². The van der Waals surface area contributed by atoms with Crippen LogP contribution in [0, 0.1) is 5.92 Å². The van der Waals surface area contributed by atoms with Crippen molar-refractivity contribution in [1.29, 1.82) is 1.43 Å². The van der Waals surface area contributed by atoms with E-state index in [0.29, 0.717) is 12.5 Å². The zero-order valence-corrected chi connectivity index (χ0v) is 24.4. The number of rotatable bonds is 11. The van der Waals surface area contributed by atoms with E-state index in [1.54, 1.807) is 0 Å². The Morgan fingerprint density at radius 3 is 2.61 bits per heavy atom. The number of aliphatic hydroxyl groups is 1. The lowest BCUT2D eigenvalue weighted by Crippen LogP contribution is -2.38. The maximum absolute atomic E-state index is 15.9.